The van der Waals surface area contributed by atoms with E-state index in [9.17, 15) is 24.4 Å². The first-order chi connectivity index (χ1) is 23.8. The lowest BCUT2D eigenvalue weighted by Crippen LogP contribution is -2.56. The van der Waals surface area contributed by atoms with Crippen LogP contribution in [-0.2, 0) is 19.8 Å². The highest BCUT2D eigenvalue weighted by atomic mass is 16.5. The third kappa shape index (κ3) is 7.03. The average Bonchev–Trinajstić information content (AvgIpc) is 3.99. The van der Waals surface area contributed by atoms with Crippen molar-refractivity contribution in [2.45, 2.75) is 114 Å². The van der Waals surface area contributed by atoms with Crippen LogP contribution in [0.25, 0.3) is 0 Å². The normalized spacial score (nSPS) is 23.8. The molecule has 2 aliphatic heterocycles. The number of amides is 4. The number of hydrogen-bond donors (Lipinski definition) is 2. The molecule has 2 aromatic rings. The highest BCUT2D eigenvalue weighted by Crippen LogP contribution is 2.47. The molecule has 11 nitrogen and oxygen atoms in total. The predicted octanol–water partition coefficient (Wildman–Crippen LogP) is 4.95. The van der Waals surface area contributed by atoms with Crippen LogP contribution in [0.5, 0.6) is 11.5 Å². The number of para-hydroxylation sites is 1. The Balaban J connectivity index is 1.12. The summed E-state index contributed by atoms with van der Waals surface area (Å²) < 4.78 is 12.1. The first-order valence-corrected chi connectivity index (χ1v) is 18.0. The van der Waals surface area contributed by atoms with Crippen molar-refractivity contribution in [1.29, 1.82) is 5.26 Å². The minimum Gasteiger partial charge on any atom is -0.487 e. The van der Waals surface area contributed by atoms with Gasteiger partial charge in [-0.1, -0.05) is 51.8 Å². The lowest BCUT2D eigenvalue weighted by atomic mass is 9.80. The number of nitrogens with one attached hydrogen (secondary N) is 2. The largest absolute Gasteiger partial charge is 0.487 e. The molecule has 0 radical (unpaired) electrons. The number of carbonyl (C=O) groups is 4. The number of anilines is 1. The van der Waals surface area contributed by atoms with Gasteiger partial charge in [-0.3, -0.25) is 19.2 Å². The predicted molar refractivity (Wildman–Crippen MR) is 185 cm³/mol. The van der Waals surface area contributed by atoms with Crippen molar-refractivity contribution in [3.63, 3.8) is 0 Å². The number of likely N-dealkylation sites (N-methyl/N-ethyl adjacent to an activating group) is 1. The van der Waals surface area contributed by atoms with Crippen LogP contribution in [0.15, 0.2) is 42.5 Å². The van der Waals surface area contributed by atoms with Gasteiger partial charge in [0, 0.05) is 31.3 Å². The van der Waals surface area contributed by atoms with Crippen LogP contribution in [-0.4, -0.2) is 77.4 Å². The van der Waals surface area contributed by atoms with Crippen LogP contribution in [0.2, 0.25) is 0 Å². The maximum absolute atomic E-state index is 14.6. The maximum Gasteiger partial charge on any atom is 0.252 e. The first-order valence-electron chi connectivity index (χ1n) is 18.0. The summed E-state index contributed by atoms with van der Waals surface area (Å²) in [5.41, 5.74) is 0.449. The molecule has 3 aliphatic carbocycles. The molecule has 5 aliphatic rings. The van der Waals surface area contributed by atoms with E-state index in [2.05, 4.69) is 16.7 Å². The molecule has 4 atom stereocenters. The van der Waals surface area contributed by atoms with E-state index in [0.29, 0.717) is 41.5 Å². The molecule has 4 fully saturated rings. The Hall–Kier alpha value is -4.59. The molecular weight excluding hydrogens is 634 g/mol. The Bertz CT molecular complexity index is 1730. The number of likely N-dealkylation sites (tertiary alicyclic amines) is 1. The van der Waals surface area contributed by atoms with E-state index in [-0.39, 0.29) is 48.3 Å². The second-order valence-corrected chi connectivity index (χ2v) is 16.1. The van der Waals surface area contributed by atoms with Gasteiger partial charge >= 0.3 is 0 Å². The molecule has 1 unspecified atom stereocenters. The molecule has 2 N–H and O–H groups in total. The molecule has 264 valence electrons. The molecule has 3 saturated carbocycles. The van der Waals surface area contributed by atoms with Crippen molar-refractivity contribution in [3.8, 4) is 17.6 Å². The van der Waals surface area contributed by atoms with Crippen LogP contribution in [0.3, 0.4) is 0 Å². The monoisotopic (exact) mass is 681 g/mol. The van der Waals surface area contributed by atoms with Gasteiger partial charge in [-0.15, -0.1) is 0 Å². The van der Waals surface area contributed by atoms with Crippen molar-refractivity contribution in [1.82, 2.24) is 15.1 Å². The number of rotatable bonds is 12. The molecule has 11 heteroatoms. The Morgan fingerprint density at radius 1 is 1.04 bits per heavy atom. The lowest BCUT2D eigenvalue weighted by molar-refractivity contribution is -0.147. The molecule has 1 spiro atoms. The van der Waals surface area contributed by atoms with Crippen molar-refractivity contribution < 1.29 is 28.7 Å². The fourth-order valence-corrected chi connectivity index (χ4v) is 7.27. The first kappa shape index (κ1) is 33.9. The molecule has 1 saturated heterocycles. The van der Waals surface area contributed by atoms with Gasteiger partial charge in [0.25, 0.3) is 5.91 Å². The Kier molecular flexibility index (Phi) is 8.77. The van der Waals surface area contributed by atoms with Gasteiger partial charge in [-0.2, -0.15) is 5.26 Å². The zero-order chi connectivity index (χ0) is 35.4. The molecule has 50 heavy (non-hydrogen) atoms. The molecule has 0 bridgehead atoms. The highest BCUT2D eigenvalue weighted by Gasteiger charge is 2.57. The fourth-order valence-electron chi connectivity index (χ4n) is 7.27. The van der Waals surface area contributed by atoms with E-state index < -0.39 is 29.4 Å². The highest BCUT2D eigenvalue weighted by molar-refractivity contribution is 6.07. The van der Waals surface area contributed by atoms with Gasteiger partial charge in [0.05, 0.1) is 23.7 Å². The van der Waals surface area contributed by atoms with Gasteiger partial charge in [-0.05, 0) is 79.7 Å². The summed E-state index contributed by atoms with van der Waals surface area (Å²) in [6.07, 6.45) is 7.14. The second-order valence-electron chi connectivity index (χ2n) is 16.1. The van der Waals surface area contributed by atoms with Crippen molar-refractivity contribution in [3.05, 3.63) is 53.6 Å². The number of hydrogen-bond acceptors (Lipinski definition) is 7. The minimum absolute atomic E-state index is 0.0452. The Morgan fingerprint density at radius 3 is 2.36 bits per heavy atom. The van der Waals surface area contributed by atoms with Gasteiger partial charge < -0.3 is 29.9 Å². The Labute approximate surface area is 293 Å². The van der Waals surface area contributed by atoms with E-state index in [1.807, 2.05) is 45.0 Å². The quantitative estimate of drug-likeness (QED) is 0.323. The smallest absolute Gasteiger partial charge is 0.252 e. The van der Waals surface area contributed by atoms with E-state index in [0.717, 1.165) is 44.1 Å². The number of benzene rings is 2. The summed E-state index contributed by atoms with van der Waals surface area (Å²) >= 11 is 0. The van der Waals surface area contributed by atoms with Crippen molar-refractivity contribution >= 4 is 29.3 Å². The van der Waals surface area contributed by atoms with Gasteiger partial charge in [-0.25, -0.2) is 0 Å². The molecule has 7 rings (SSSR count). The van der Waals surface area contributed by atoms with E-state index in [1.165, 1.54) is 9.80 Å². The van der Waals surface area contributed by atoms with Crippen molar-refractivity contribution in [2.24, 2.45) is 11.3 Å². The Morgan fingerprint density at radius 2 is 1.72 bits per heavy atom. The van der Waals surface area contributed by atoms with Gasteiger partial charge in [0.1, 0.15) is 18.1 Å². The van der Waals surface area contributed by atoms with Gasteiger partial charge in [0.15, 0.2) is 11.5 Å². The number of nitriles is 1. The summed E-state index contributed by atoms with van der Waals surface area (Å²) in [6.45, 7) is 6.05. The average molecular weight is 682 g/mol. The van der Waals surface area contributed by atoms with E-state index in [4.69, 9.17) is 9.47 Å². The van der Waals surface area contributed by atoms with Crippen LogP contribution in [0.1, 0.15) is 94.5 Å². The SMILES string of the molecule is CN(C(=O)C(CC1CC1)NC(=O)c1ccc(OC2CC2)c(OC2CC2)c1)[C@@H](CC(C)(C)C)C(=O)N1C[C@]2(C[C@H]1C#N)C(=O)Nc1ccccc12. The van der Waals surface area contributed by atoms with Crippen molar-refractivity contribution in [2.75, 3.05) is 18.9 Å². The summed E-state index contributed by atoms with van der Waals surface area (Å²) in [6, 6.07) is 12.2. The van der Waals surface area contributed by atoms with Gasteiger partial charge in [0.2, 0.25) is 17.7 Å². The molecule has 4 amide bonds. The maximum atomic E-state index is 14.6. The zero-order valence-electron chi connectivity index (χ0n) is 29.4. The summed E-state index contributed by atoms with van der Waals surface area (Å²) in [7, 11) is 1.61. The topological polar surface area (TPSA) is 141 Å². The summed E-state index contributed by atoms with van der Waals surface area (Å²) in [4.78, 5) is 59.1. The molecular formula is C39H47N5O6. The number of ether oxygens (including phenoxy) is 2. The number of carbonyl (C=O) groups excluding carboxylic acids is 4. The number of nitrogens with zero attached hydrogens (tertiary/aromatic N) is 3. The zero-order valence-corrected chi connectivity index (χ0v) is 29.4. The number of fused-ring (bicyclic) bond motifs is 2. The fraction of sp³-hybridized carbons (Fsp3) is 0.564. The van der Waals surface area contributed by atoms with Crippen LogP contribution < -0.4 is 20.1 Å². The van der Waals surface area contributed by atoms with Crippen LogP contribution in [0.4, 0.5) is 5.69 Å². The second kappa shape index (κ2) is 12.9. The third-order valence-corrected chi connectivity index (χ3v) is 10.5. The molecule has 0 aromatic heterocycles. The van der Waals surface area contributed by atoms with Crippen LogP contribution in [0, 0.1) is 22.7 Å². The summed E-state index contributed by atoms with van der Waals surface area (Å²) in [5.74, 6) is 0.118. The standard InChI is InChI=1S/C39H47N5O6/c1-38(2,3)20-31(36(47)44-22-39(19-25(44)21-40)28-7-5-6-8-29(28)42-37(39)48)43(4)35(46)30(17-23-9-10-23)41-34(45)24-11-16-32(49-26-12-13-26)33(18-24)50-27-14-15-27/h5-8,11,16,18,23,25-27,30-31H,9-10,12-15,17,19-20,22H2,1-4H3,(H,41,45)(H,42,48)/t25-,30?,31-,39-/m0/s1. The third-order valence-electron chi connectivity index (χ3n) is 10.5. The minimum atomic E-state index is -1.04. The summed E-state index contributed by atoms with van der Waals surface area (Å²) in [5, 5.41) is 16.2. The van der Waals surface area contributed by atoms with Crippen LogP contribution >= 0.6 is 0 Å². The lowest BCUT2D eigenvalue weighted by Gasteiger charge is -2.37. The van der Waals surface area contributed by atoms with E-state index >= 15 is 0 Å². The van der Waals surface area contributed by atoms with E-state index in [1.54, 1.807) is 25.2 Å². The molecule has 2 heterocycles. The molecule has 2 aromatic carbocycles.